The molecule has 0 aliphatic carbocycles. The molecule has 0 bridgehead atoms. The van der Waals surface area contributed by atoms with Gasteiger partial charge in [0.15, 0.2) is 0 Å². The summed E-state index contributed by atoms with van der Waals surface area (Å²) in [4.78, 5) is 12.7. The summed E-state index contributed by atoms with van der Waals surface area (Å²) in [7, 11) is 0. The van der Waals surface area contributed by atoms with E-state index in [1.165, 1.54) is 4.88 Å². The molecule has 4 heteroatoms. The van der Waals surface area contributed by atoms with Gasteiger partial charge in [-0.3, -0.25) is 4.79 Å². The minimum atomic E-state index is 0.120. The highest BCUT2D eigenvalue weighted by Crippen LogP contribution is 2.11. The van der Waals surface area contributed by atoms with Crippen LogP contribution in [-0.4, -0.2) is 24.2 Å². The van der Waals surface area contributed by atoms with Crippen molar-refractivity contribution >= 4 is 17.2 Å². The van der Waals surface area contributed by atoms with Crippen molar-refractivity contribution in [2.24, 2.45) is 0 Å². The van der Waals surface area contributed by atoms with Gasteiger partial charge in [-0.1, -0.05) is 6.07 Å². The quantitative estimate of drug-likeness (QED) is 0.684. The van der Waals surface area contributed by atoms with Gasteiger partial charge in [0.1, 0.15) is 0 Å². The largest absolute Gasteiger partial charge is 0.396 e. The first-order valence-electron chi connectivity index (χ1n) is 5.73. The summed E-state index contributed by atoms with van der Waals surface area (Å²) >= 11 is 1.74. The number of nitrogens with one attached hydrogen (secondary N) is 1. The second-order valence-electron chi connectivity index (χ2n) is 3.71. The van der Waals surface area contributed by atoms with Crippen molar-refractivity contribution in [2.75, 3.05) is 13.2 Å². The van der Waals surface area contributed by atoms with E-state index in [-0.39, 0.29) is 12.5 Å². The van der Waals surface area contributed by atoms with E-state index in [1.54, 1.807) is 11.3 Å². The van der Waals surface area contributed by atoms with Gasteiger partial charge in [0.05, 0.1) is 0 Å². The van der Waals surface area contributed by atoms with Gasteiger partial charge >= 0.3 is 0 Å². The first kappa shape index (κ1) is 13.2. The number of hydrogen-bond donors (Lipinski definition) is 2. The van der Waals surface area contributed by atoms with Gasteiger partial charge in [0.25, 0.3) is 0 Å². The van der Waals surface area contributed by atoms with Crippen molar-refractivity contribution in [2.45, 2.75) is 32.1 Å². The minimum absolute atomic E-state index is 0.120. The maximum absolute atomic E-state index is 11.4. The van der Waals surface area contributed by atoms with Crippen LogP contribution >= 0.6 is 11.3 Å². The molecular formula is C12H19NO2S. The third-order valence-electron chi connectivity index (χ3n) is 2.31. The molecule has 1 aromatic heterocycles. The Morgan fingerprint density at radius 1 is 1.38 bits per heavy atom. The summed E-state index contributed by atoms with van der Waals surface area (Å²) in [6, 6.07) is 4.14. The standard InChI is InChI=1S/C12H19NO2S/c14-9-2-1-8-13-12(15)7-3-5-11-6-4-10-16-11/h4,6,10,14H,1-3,5,7-9H2,(H,13,15). The topological polar surface area (TPSA) is 49.3 Å². The molecule has 0 aromatic carbocycles. The van der Waals surface area contributed by atoms with Crippen molar-refractivity contribution in [1.29, 1.82) is 0 Å². The number of aryl methyl sites for hydroxylation is 1. The van der Waals surface area contributed by atoms with Crippen molar-refractivity contribution in [3.63, 3.8) is 0 Å². The smallest absolute Gasteiger partial charge is 0.220 e. The van der Waals surface area contributed by atoms with Crippen LogP contribution in [0.25, 0.3) is 0 Å². The fraction of sp³-hybridized carbons (Fsp3) is 0.583. The molecule has 0 radical (unpaired) electrons. The van der Waals surface area contributed by atoms with Gasteiger partial charge < -0.3 is 10.4 Å². The lowest BCUT2D eigenvalue weighted by atomic mass is 10.2. The maximum atomic E-state index is 11.4. The first-order chi connectivity index (χ1) is 7.83. The molecule has 0 spiro atoms. The van der Waals surface area contributed by atoms with Crippen LogP contribution in [0.4, 0.5) is 0 Å². The van der Waals surface area contributed by atoms with Gasteiger partial charge in [-0.2, -0.15) is 0 Å². The van der Waals surface area contributed by atoms with E-state index < -0.39 is 0 Å². The fourth-order valence-corrected chi connectivity index (χ4v) is 2.18. The Hall–Kier alpha value is -0.870. The molecule has 1 rings (SSSR count). The minimum Gasteiger partial charge on any atom is -0.396 e. The first-order valence-corrected chi connectivity index (χ1v) is 6.61. The van der Waals surface area contributed by atoms with Crippen LogP contribution < -0.4 is 5.32 Å². The highest BCUT2D eigenvalue weighted by atomic mass is 32.1. The Kier molecular flexibility index (Phi) is 6.85. The molecule has 0 aliphatic heterocycles. The lowest BCUT2D eigenvalue weighted by Gasteiger charge is -2.03. The molecule has 1 heterocycles. The Morgan fingerprint density at radius 3 is 2.94 bits per heavy atom. The van der Waals surface area contributed by atoms with E-state index in [0.29, 0.717) is 13.0 Å². The molecule has 3 nitrogen and oxygen atoms in total. The van der Waals surface area contributed by atoms with Crippen molar-refractivity contribution < 1.29 is 9.90 Å². The normalized spacial score (nSPS) is 10.3. The van der Waals surface area contributed by atoms with Crippen LogP contribution in [0.5, 0.6) is 0 Å². The number of carbonyl (C=O) groups is 1. The number of aliphatic hydroxyl groups excluding tert-OH is 1. The summed E-state index contributed by atoms with van der Waals surface area (Å²) in [6.45, 7) is 0.882. The van der Waals surface area contributed by atoms with E-state index in [0.717, 1.165) is 25.7 Å². The number of thiophene rings is 1. The molecular weight excluding hydrogens is 222 g/mol. The van der Waals surface area contributed by atoms with Crippen molar-refractivity contribution in [1.82, 2.24) is 5.32 Å². The summed E-state index contributed by atoms with van der Waals surface area (Å²) in [6.07, 6.45) is 4.10. The molecule has 2 N–H and O–H groups in total. The summed E-state index contributed by atoms with van der Waals surface area (Å²) in [5.41, 5.74) is 0. The lowest BCUT2D eigenvalue weighted by molar-refractivity contribution is -0.121. The molecule has 1 aromatic rings. The number of carbonyl (C=O) groups excluding carboxylic acids is 1. The number of rotatable bonds is 8. The average Bonchev–Trinajstić information content (AvgIpc) is 2.77. The predicted octanol–water partition coefficient (Wildman–Crippen LogP) is 1.96. The monoisotopic (exact) mass is 241 g/mol. The highest BCUT2D eigenvalue weighted by Gasteiger charge is 2.01. The van der Waals surface area contributed by atoms with Crippen LogP contribution in [-0.2, 0) is 11.2 Å². The van der Waals surface area contributed by atoms with Gasteiger partial charge in [-0.25, -0.2) is 0 Å². The van der Waals surface area contributed by atoms with Crippen LogP contribution in [0.1, 0.15) is 30.6 Å². The average molecular weight is 241 g/mol. The summed E-state index contributed by atoms with van der Waals surface area (Å²) in [5.74, 6) is 0.120. The van der Waals surface area contributed by atoms with Gasteiger partial charge in [0, 0.05) is 24.4 Å². The van der Waals surface area contributed by atoms with Crippen molar-refractivity contribution in [3.8, 4) is 0 Å². The zero-order valence-electron chi connectivity index (χ0n) is 9.45. The van der Waals surface area contributed by atoms with E-state index in [1.807, 2.05) is 6.07 Å². The molecule has 0 atom stereocenters. The van der Waals surface area contributed by atoms with Gasteiger partial charge in [-0.15, -0.1) is 11.3 Å². The van der Waals surface area contributed by atoms with Crippen LogP contribution in [0.2, 0.25) is 0 Å². The third-order valence-corrected chi connectivity index (χ3v) is 3.25. The van der Waals surface area contributed by atoms with E-state index in [4.69, 9.17) is 5.11 Å². The van der Waals surface area contributed by atoms with E-state index in [9.17, 15) is 4.79 Å². The number of hydrogen-bond acceptors (Lipinski definition) is 3. The molecule has 0 aliphatic rings. The Labute approximate surface area is 100 Å². The second-order valence-corrected chi connectivity index (χ2v) is 4.75. The summed E-state index contributed by atoms with van der Waals surface area (Å²) < 4.78 is 0. The predicted molar refractivity (Wildman–Crippen MR) is 66.6 cm³/mol. The van der Waals surface area contributed by atoms with E-state index in [2.05, 4.69) is 16.8 Å². The zero-order valence-corrected chi connectivity index (χ0v) is 10.3. The van der Waals surface area contributed by atoms with Gasteiger partial charge in [-0.05, 0) is 37.1 Å². The zero-order chi connectivity index (χ0) is 11.6. The highest BCUT2D eigenvalue weighted by molar-refractivity contribution is 7.09. The molecule has 0 saturated carbocycles. The SMILES string of the molecule is O=C(CCCc1cccs1)NCCCCO. The number of aliphatic hydroxyl groups is 1. The lowest BCUT2D eigenvalue weighted by Crippen LogP contribution is -2.24. The number of amides is 1. The Bertz CT molecular complexity index is 285. The van der Waals surface area contributed by atoms with Crippen LogP contribution in [0.3, 0.4) is 0 Å². The fourth-order valence-electron chi connectivity index (χ4n) is 1.43. The Morgan fingerprint density at radius 2 is 2.25 bits per heavy atom. The van der Waals surface area contributed by atoms with Crippen LogP contribution in [0, 0.1) is 0 Å². The van der Waals surface area contributed by atoms with Crippen LogP contribution in [0.15, 0.2) is 17.5 Å². The summed E-state index contributed by atoms with van der Waals surface area (Å²) in [5, 5.41) is 13.5. The van der Waals surface area contributed by atoms with Gasteiger partial charge in [0.2, 0.25) is 5.91 Å². The van der Waals surface area contributed by atoms with E-state index >= 15 is 0 Å². The molecule has 90 valence electrons. The molecule has 0 fully saturated rings. The second kappa shape index (κ2) is 8.30. The maximum Gasteiger partial charge on any atom is 0.220 e. The molecule has 16 heavy (non-hydrogen) atoms. The molecule has 0 saturated heterocycles. The number of unbranched alkanes of at least 4 members (excludes halogenated alkanes) is 1. The third kappa shape index (κ3) is 5.88. The molecule has 1 amide bonds. The molecule has 0 unspecified atom stereocenters. The van der Waals surface area contributed by atoms with Crippen molar-refractivity contribution in [3.05, 3.63) is 22.4 Å². The Balaban J connectivity index is 1.98.